The first-order valence-corrected chi connectivity index (χ1v) is 9.65. The first-order valence-electron chi connectivity index (χ1n) is 8.83. The minimum Gasteiger partial charge on any atom is -0.494 e. The van der Waals surface area contributed by atoms with Crippen molar-refractivity contribution in [2.75, 3.05) is 13.4 Å². The lowest BCUT2D eigenvalue weighted by molar-refractivity contribution is -0.117. The lowest BCUT2D eigenvalue weighted by atomic mass is 10.1. The summed E-state index contributed by atoms with van der Waals surface area (Å²) in [5.74, 6) is 4.53. The van der Waals surface area contributed by atoms with Crippen molar-refractivity contribution < 1.29 is 19.0 Å². The highest BCUT2D eigenvalue weighted by Gasteiger charge is 2.17. The van der Waals surface area contributed by atoms with Crippen LogP contribution >= 0.6 is 11.3 Å². The maximum absolute atomic E-state index is 12.5. The molecule has 0 radical (unpaired) electrons. The number of amides is 1. The molecule has 142 valence electrons. The second kappa shape index (κ2) is 7.79. The Morgan fingerprint density at radius 2 is 2.04 bits per heavy atom. The zero-order valence-electron chi connectivity index (χ0n) is 15.3. The van der Waals surface area contributed by atoms with Gasteiger partial charge in [0.05, 0.1) is 29.8 Å². The fourth-order valence-electron chi connectivity index (χ4n) is 2.98. The van der Waals surface area contributed by atoms with Gasteiger partial charge in [0.1, 0.15) is 5.75 Å². The number of nitrogens with zero attached hydrogens (tertiary/aromatic N) is 2. The van der Waals surface area contributed by atoms with Crippen LogP contribution in [0, 0.1) is 12.3 Å². The Balaban J connectivity index is 1.65. The highest BCUT2D eigenvalue weighted by Crippen LogP contribution is 2.36. The van der Waals surface area contributed by atoms with Crippen molar-refractivity contribution in [3.63, 3.8) is 0 Å². The molecule has 0 fully saturated rings. The SMILES string of the molecule is C#CCn1c(=NC(=O)Cc2ccc(OCC)cc2)sc2cc3c(cc21)OCO3. The van der Waals surface area contributed by atoms with E-state index in [0.717, 1.165) is 21.5 Å². The molecule has 1 aliphatic rings. The van der Waals surface area contributed by atoms with Gasteiger partial charge in [0.25, 0.3) is 5.91 Å². The molecule has 0 aliphatic carbocycles. The number of rotatable bonds is 5. The monoisotopic (exact) mass is 394 g/mol. The summed E-state index contributed by atoms with van der Waals surface area (Å²) in [5, 5.41) is 0. The van der Waals surface area contributed by atoms with E-state index < -0.39 is 0 Å². The van der Waals surface area contributed by atoms with Gasteiger partial charge in [-0.2, -0.15) is 4.99 Å². The third kappa shape index (κ3) is 3.59. The lowest BCUT2D eigenvalue weighted by Gasteiger charge is -2.03. The summed E-state index contributed by atoms with van der Waals surface area (Å²) in [6.45, 7) is 3.06. The molecule has 2 heterocycles. The summed E-state index contributed by atoms with van der Waals surface area (Å²) in [6, 6.07) is 11.2. The summed E-state index contributed by atoms with van der Waals surface area (Å²) in [5.41, 5.74) is 1.75. The van der Waals surface area contributed by atoms with Crippen LogP contribution in [0.25, 0.3) is 10.2 Å². The predicted molar refractivity (Wildman–Crippen MR) is 107 cm³/mol. The zero-order valence-corrected chi connectivity index (χ0v) is 16.1. The molecule has 28 heavy (non-hydrogen) atoms. The molecule has 2 aromatic carbocycles. The average molecular weight is 394 g/mol. The first kappa shape index (κ1) is 18.1. The molecular formula is C21H18N2O4S. The van der Waals surface area contributed by atoms with Gasteiger partial charge in [-0.25, -0.2) is 0 Å². The number of fused-ring (bicyclic) bond motifs is 2. The van der Waals surface area contributed by atoms with E-state index in [-0.39, 0.29) is 19.1 Å². The van der Waals surface area contributed by atoms with Gasteiger partial charge in [-0.05, 0) is 24.6 Å². The van der Waals surface area contributed by atoms with Gasteiger partial charge in [-0.15, -0.1) is 6.42 Å². The highest BCUT2D eigenvalue weighted by atomic mass is 32.1. The number of terminal acetylenes is 1. The maximum atomic E-state index is 12.5. The second-order valence-corrected chi connectivity index (χ2v) is 7.12. The molecule has 3 aromatic rings. The van der Waals surface area contributed by atoms with Crippen LogP contribution in [-0.2, 0) is 17.8 Å². The van der Waals surface area contributed by atoms with Crippen LogP contribution in [0.15, 0.2) is 41.4 Å². The fourth-order valence-corrected chi connectivity index (χ4v) is 4.04. The number of ether oxygens (including phenoxy) is 3. The Kier molecular flexibility index (Phi) is 5.04. The summed E-state index contributed by atoms with van der Waals surface area (Å²) < 4.78 is 19.1. The van der Waals surface area contributed by atoms with Crippen molar-refractivity contribution >= 4 is 27.5 Å². The molecule has 4 rings (SSSR count). The van der Waals surface area contributed by atoms with E-state index in [1.165, 1.54) is 11.3 Å². The number of hydrogen-bond acceptors (Lipinski definition) is 5. The second-order valence-electron chi connectivity index (χ2n) is 6.11. The first-order chi connectivity index (χ1) is 13.7. The van der Waals surface area contributed by atoms with E-state index in [1.54, 1.807) is 0 Å². The summed E-state index contributed by atoms with van der Waals surface area (Å²) in [7, 11) is 0. The molecule has 7 heteroatoms. The van der Waals surface area contributed by atoms with Gasteiger partial charge < -0.3 is 18.8 Å². The predicted octanol–water partition coefficient (Wildman–Crippen LogP) is 3.13. The van der Waals surface area contributed by atoms with Crippen molar-refractivity contribution in [2.24, 2.45) is 4.99 Å². The molecule has 6 nitrogen and oxygen atoms in total. The summed E-state index contributed by atoms with van der Waals surface area (Å²) in [6.07, 6.45) is 5.73. The Labute approximate surface area is 166 Å². The van der Waals surface area contributed by atoms with Gasteiger partial charge in [0.2, 0.25) is 6.79 Å². The number of hydrogen-bond donors (Lipinski definition) is 0. The molecule has 0 N–H and O–H groups in total. The fraction of sp³-hybridized carbons (Fsp3) is 0.238. The third-order valence-electron chi connectivity index (χ3n) is 4.24. The van der Waals surface area contributed by atoms with Gasteiger partial charge in [-0.3, -0.25) is 4.79 Å². The Morgan fingerprint density at radius 1 is 1.29 bits per heavy atom. The molecule has 1 amide bonds. The number of aromatic nitrogens is 1. The number of benzene rings is 2. The normalized spacial score (nSPS) is 12.9. The van der Waals surface area contributed by atoms with E-state index in [0.29, 0.717) is 29.5 Å². The van der Waals surface area contributed by atoms with Crippen LogP contribution in [0.2, 0.25) is 0 Å². The van der Waals surface area contributed by atoms with Crippen LogP contribution in [0.4, 0.5) is 0 Å². The Morgan fingerprint density at radius 3 is 2.75 bits per heavy atom. The van der Waals surface area contributed by atoms with E-state index in [2.05, 4.69) is 10.9 Å². The highest BCUT2D eigenvalue weighted by molar-refractivity contribution is 7.16. The van der Waals surface area contributed by atoms with Gasteiger partial charge in [-0.1, -0.05) is 29.4 Å². The molecule has 0 unspecified atom stereocenters. The molecule has 0 bridgehead atoms. The minimum absolute atomic E-state index is 0.208. The van der Waals surface area contributed by atoms with Crippen molar-refractivity contribution in [2.45, 2.75) is 19.9 Å². The molecule has 1 aromatic heterocycles. The van der Waals surface area contributed by atoms with Crippen LogP contribution in [0.1, 0.15) is 12.5 Å². The van der Waals surface area contributed by atoms with E-state index >= 15 is 0 Å². The van der Waals surface area contributed by atoms with Crippen molar-refractivity contribution in [1.82, 2.24) is 4.57 Å². The van der Waals surface area contributed by atoms with Gasteiger partial charge >= 0.3 is 0 Å². The molecule has 0 saturated carbocycles. The maximum Gasteiger partial charge on any atom is 0.252 e. The van der Waals surface area contributed by atoms with E-state index in [9.17, 15) is 4.79 Å². The molecule has 0 saturated heterocycles. The summed E-state index contributed by atoms with van der Waals surface area (Å²) >= 11 is 1.40. The minimum atomic E-state index is -0.235. The summed E-state index contributed by atoms with van der Waals surface area (Å²) in [4.78, 5) is 17.4. The van der Waals surface area contributed by atoms with Crippen molar-refractivity contribution in [3.8, 4) is 29.6 Å². The number of carbonyl (C=O) groups excluding carboxylic acids is 1. The zero-order chi connectivity index (χ0) is 19.5. The van der Waals surface area contributed by atoms with Crippen LogP contribution in [0.5, 0.6) is 17.2 Å². The lowest BCUT2D eigenvalue weighted by Crippen LogP contribution is -2.17. The van der Waals surface area contributed by atoms with Crippen LogP contribution in [-0.4, -0.2) is 23.9 Å². The molecule has 1 aliphatic heterocycles. The average Bonchev–Trinajstić information content (AvgIpc) is 3.26. The van der Waals surface area contributed by atoms with Crippen molar-refractivity contribution in [1.29, 1.82) is 0 Å². The van der Waals surface area contributed by atoms with Crippen LogP contribution in [0.3, 0.4) is 0 Å². The van der Waals surface area contributed by atoms with Gasteiger partial charge in [0.15, 0.2) is 16.3 Å². The molecule has 0 atom stereocenters. The number of carbonyl (C=O) groups is 1. The van der Waals surface area contributed by atoms with Crippen LogP contribution < -0.4 is 19.0 Å². The van der Waals surface area contributed by atoms with E-state index in [4.69, 9.17) is 20.6 Å². The Bertz CT molecular complexity index is 1140. The topological polar surface area (TPSA) is 62.1 Å². The molecule has 0 spiro atoms. The largest absolute Gasteiger partial charge is 0.494 e. The van der Waals surface area contributed by atoms with Gasteiger partial charge in [0, 0.05) is 12.1 Å². The van der Waals surface area contributed by atoms with Crippen molar-refractivity contribution in [3.05, 3.63) is 46.8 Å². The smallest absolute Gasteiger partial charge is 0.252 e. The quantitative estimate of drug-likeness (QED) is 0.624. The number of thiazole rings is 1. The molecular weight excluding hydrogens is 376 g/mol. The third-order valence-corrected chi connectivity index (χ3v) is 5.28. The Hall–Kier alpha value is -3.24. The van der Waals surface area contributed by atoms with E-state index in [1.807, 2.05) is 47.9 Å². The standard InChI is InChI=1S/C21H18N2O4S/c1-3-9-23-16-11-17-18(27-13-26-17)12-19(16)28-21(23)22-20(24)10-14-5-7-15(8-6-14)25-4-2/h1,5-8,11-12H,4,9-10,13H2,2H3.